The molecule has 0 saturated carbocycles. The third kappa shape index (κ3) is 3.75. The molecule has 4 nitrogen and oxygen atoms in total. The fourth-order valence-electron chi connectivity index (χ4n) is 2.07. The molecule has 112 valence electrons. The molecule has 1 atom stereocenters. The van der Waals surface area contributed by atoms with E-state index in [2.05, 4.69) is 20.7 Å². The first kappa shape index (κ1) is 15.8. The molecule has 0 aliphatic carbocycles. The summed E-state index contributed by atoms with van der Waals surface area (Å²) in [5, 5.41) is 0. The molecule has 2 rings (SSSR count). The van der Waals surface area contributed by atoms with Crippen molar-refractivity contribution >= 4 is 26.0 Å². The number of sulfonamides is 1. The van der Waals surface area contributed by atoms with E-state index in [1.807, 2.05) is 0 Å². The zero-order chi connectivity index (χ0) is 14.8. The zero-order valence-corrected chi connectivity index (χ0v) is 12.9. The van der Waals surface area contributed by atoms with Crippen LogP contribution in [0.25, 0.3) is 0 Å². The van der Waals surface area contributed by atoms with Gasteiger partial charge in [0.05, 0.1) is 0 Å². The normalized spacial score (nSPS) is 19.4. The maximum absolute atomic E-state index is 13.6. The Hall–Kier alpha value is -0.570. The van der Waals surface area contributed by atoms with Crippen LogP contribution in [0.3, 0.4) is 0 Å². The monoisotopic (exact) mass is 369 g/mol. The topological polar surface area (TPSA) is 55.4 Å². The fourth-order valence-corrected chi connectivity index (χ4v) is 4.28. The lowest BCUT2D eigenvalue weighted by atomic mass is 10.1. The molecule has 0 spiro atoms. The first-order valence-corrected chi connectivity index (χ1v) is 8.40. The summed E-state index contributed by atoms with van der Waals surface area (Å²) in [6.07, 6.45) is 1.52. The van der Waals surface area contributed by atoms with Crippen molar-refractivity contribution in [1.82, 2.24) is 4.72 Å². The van der Waals surface area contributed by atoms with Crippen LogP contribution in [0.5, 0.6) is 0 Å². The SMILES string of the molecule is O=S(=O)(NCCC1CCOC1)c1c(F)cc(F)cc1Br. The molecule has 1 unspecified atom stereocenters. The smallest absolute Gasteiger partial charge is 0.244 e. The van der Waals surface area contributed by atoms with Gasteiger partial charge in [-0.15, -0.1) is 0 Å². The molecule has 1 aliphatic heterocycles. The van der Waals surface area contributed by atoms with Crippen LogP contribution in [0, 0.1) is 17.6 Å². The highest BCUT2D eigenvalue weighted by atomic mass is 79.9. The van der Waals surface area contributed by atoms with Gasteiger partial charge in [-0.3, -0.25) is 0 Å². The van der Waals surface area contributed by atoms with Crippen LogP contribution in [0.2, 0.25) is 0 Å². The second kappa shape index (κ2) is 6.46. The number of hydrogen-bond acceptors (Lipinski definition) is 3. The van der Waals surface area contributed by atoms with Crippen LogP contribution in [0.15, 0.2) is 21.5 Å². The summed E-state index contributed by atoms with van der Waals surface area (Å²) in [4.78, 5) is -0.568. The van der Waals surface area contributed by atoms with E-state index in [1.165, 1.54) is 0 Å². The van der Waals surface area contributed by atoms with Crippen LogP contribution in [0.4, 0.5) is 8.78 Å². The number of rotatable bonds is 5. The standard InChI is InChI=1S/C12H14BrF2NO3S/c13-10-5-9(14)6-11(15)12(10)20(17,18)16-3-1-8-2-4-19-7-8/h5-6,8,16H,1-4,7H2. The van der Waals surface area contributed by atoms with Crippen LogP contribution in [-0.2, 0) is 14.8 Å². The molecule has 8 heteroatoms. The molecule has 1 heterocycles. The molecule has 1 saturated heterocycles. The molecule has 20 heavy (non-hydrogen) atoms. The van der Waals surface area contributed by atoms with Crippen LogP contribution < -0.4 is 4.72 Å². The van der Waals surface area contributed by atoms with E-state index in [0.29, 0.717) is 31.6 Å². The molecule has 0 aromatic heterocycles. The maximum Gasteiger partial charge on any atom is 0.244 e. The first-order chi connectivity index (χ1) is 9.40. The minimum absolute atomic E-state index is 0.133. The maximum atomic E-state index is 13.6. The quantitative estimate of drug-likeness (QED) is 0.866. The lowest BCUT2D eigenvalue weighted by Gasteiger charge is -2.11. The largest absolute Gasteiger partial charge is 0.381 e. The van der Waals surface area contributed by atoms with Crippen molar-refractivity contribution in [3.05, 3.63) is 28.2 Å². The van der Waals surface area contributed by atoms with Crippen LogP contribution in [0.1, 0.15) is 12.8 Å². The summed E-state index contributed by atoms with van der Waals surface area (Å²) in [6, 6.07) is 1.46. The van der Waals surface area contributed by atoms with Gasteiger partial charge >= 0.3 is 0 Å². The highest BCUT2D eigenvalue weighted by Crippen LogP contribution is 2.26. The molecule has 1 N–H and O–H groups in total. The van der Waals surface area contributed by atoms with Gasteiger partial charge in [0.25, 0.3) is 0 Å². The number of nitrogens with one attached hydrogen (secondary N) is 1. The highest BCUT2D eigenvalue weighted by molar-refractivity contribution is 9.10. The van der Waals surface area contributed by atoms with Crippen molar-refractivity contribution in [2.45, 2.75) is 17.7 Å². The average Bonchev–Trinajstić information content (AvgIpc) is 2.79. The number of benzene rings is 1. The minimum atomic E-state index is -4.01. The molecular weight excluding hydrogens is 356 g/mol. The van der Waals surface area contributed by atoms with E-state index in [4.69, 9.17) is 4.74 Å². The molecule has 1 aromatic rings. The van der Waals surface area contributed by atoms with Crippen molar-refractivity contribution in [3.8, 4) is 0 Å². The van der Waals surface area contributed by atoms with Crippen molar-refractivity contribution in [3.63, 3.8) is 0 Å². The molecule has 0 radical (unpaired) electrons. The van der Waals surface area contributed by atoms with Gasteiger partial charge in [-0.2, -0.15) is 0 Å². The van der Waals surface area contributed by atoms with Crippen LogP contribution in [-0.4, -0.2) is 28.2 Å². The Bertz CT molecular complexity index is 565. The van der Waals surface area contributed by atoms with Gasteiger partial charge in [0.1, 0.15) is 16.5 Å². The van der Waals surface area contributed by atoms with Crippen molar-refractivity contribution in [2.75, 3.05) is 19.8 Å². The van der Waals surface area contributed by atoms with Gasteiger partial charge in [-0.25, -0.2) is 21.9 Å². The summed E-state index contributed by atoms with van der Waals surface area (Å²) in [7, 11) is -4.01. The predicted octanol–water partition coefficient (Wildman–Crippen LogP) is 2.43. The molecule has 0 amide bonds. The summed E-state index contributed by atoms with van der Waals surface area (Å²) in [6.45, 7) is 1.51. The fraction of sp³-hybridized carbons (Fsp3) is 0.500. The van der Waals surface area contributed by atoms with Gasteiger partial charge < -0.3 is 4.74 Å². The second-order valence-electron chi connectivity index (χ2n) is 4.61. The first-order valence-electron chi connectivity index (χ1n) is 6.12. The summed E-state index contributed by atoms with van der Waals surface area (Å²) in [5.74, 6) is -1.63. The lowest BCUT2D eigenvalue weighted by Crippen LogP contribution is -2.27. The Morgan fingerprint density at radius 1 is 1.40 bits per heavy atom. The average molecular weight is 370 g/mol. The Kier molecular flexibility index (Phi) is 5.11. The van der Waals surface area contributed by atoms with E-state index in [0.717, 1.165) is 12.5 Å². The second-order valence-corrected chi connectivity index (χ2v) is 7.17. The minimum Gasteiger partial charge on any atom is -0.381 e. The Morgan fingerprint density at radius 2 is 2.15 bits per heavy atom. The lowest BCUT2D eigenvalue weighted by molar-refractivity contribution is 0.184. The van der Waals surface area contributed by atoms with Gasteiger partial charge in [0, 0.05) is 30.3 Å². The molecule has 1 aliphatic rings. The van der Waals surface area contributed by atoms with Crippen molar-refractivity contribution in [2.24, 2.45) is 5.92 Å². The van der Waals surface area contributed by atoms with Gasteiger partial charge in [0.2, 0.25) is 10.0 Å². The molecule has 0 bridgehead atoms. The summed E-state index contributed by atoms with van der Waals surface area (Å²) in [5.41, 5.74) is 0. The predicted molar refractivity (Wildman–Crippen MR) is 72.8 cm³/mol. The molecule has 1 fully saturated rings. The third-order valence-corrected chi connectivity index (χ3v) is 5.52. The van der Waals surface area contributed by atoms with Crippen LogP contribution >= 0.6 is 15.9 Å². The molecule has 1 aromatic carbocycles. The van der Waals surface area contributed by atoms with Gasteiger partial charge in [0.15, 0.2) is 0 Å². The Balaban J connectivity index is 2.06. The van der Waals surface area contributed by atoms with E-state index < -0.39 is 26.6 Å². The Labute approximate surface area is 124 Å². The molecular formula is C12H14BrF2NO3S. The van der Waals surface area contributed by atoms with E-state index in [-0.39, 0.29) is 11.0 Å². The van der Waals surface area contributed by atoms with Gasteiger partial charge in [-0.1, -0.05) is 0 Å². The van der Waals surface area contributed by atoms with E-state index in [1.54, 1.807) is 0 Å². The number of hydrogen-bond donors (Lipinski definition) is 1. The number of ether oxygens (including phenoxy) is 1. The number of halogens is 3. The summed E-state index contributed by atoms with van der Waals surface area (Å²) >= 11 is 2.87. The zero-order valence-electron chi connectivity index (χ0n) is 10.5. The Morgan fingerprint density at radius 3 is 2.75 bits per heavy atom. The third-order valence-electron chi connectivity index (χ3n) is 3.10. The van der Waals surface area contributed by atoms with Crippen molar-refractivity contribution < 1.29 is 21.9 Å². The highest BCUT2D eigenvalue weighted by Gasteiger charge is 2.24. The van der Waals surface area contributed by atoms with E-state index >= 15 is 0 Å². The van der Waals surface area contributed by atoms with Gasteiger partial charge in [-0.05, 0) is 40.8 Å². The summed E-state index contributed by atoms with van der Waals surface area (Å²) < 4.78 is 58.0. The van der Waals surface area contributed by atoms with E-state index in [9.17, 15) is 17.2 Å². The van der Waals surface area contributed by atoms with Crippen molar-refractivity contribution in [1.29, 1.82) is 0 Å².